The molecule has 1 unspecified atom stereocenters. The summed E-state index contributed by atoms with van der Waals surface area (Å²) in [5, 5.41) is 8.99. The molecule has 1 heterocycles. The van der Waals surface area contributed by atoms with Crippen LogP contribution in [0.5, 0.6) is 0 Å². The average molecular weight is 278 g/mol. The fraction of sp³-hybridized carbons (Fsp3) is 0.444. The Morgan fingerprint density at radius 1 is 1.57 bits per heavy atom. The van der Waals surface area contributed by atoms with E-state index in [-0.39, 0.29) is 6.54 Å². The lowest BCUT2D eigenvalue weighted by Gasteiger charge is -2.10. The summed E-state index contributed by atoms with van der Waals surface area (Å²) in [5.41, 5.74) is 6.28. The molecule has 0 aliphatic heterocycles. The van der Waals surface area contributed by atoms with Crippen LogP contribution in [0, 0.1) is 13.8 Å². The number of carboxylic acid groups (broad SMARTS) is 1. The third-order valence-electron chi connectivity index (χ3n) is 2.11. The van der Waals surface area contributed by atoms with Crippen LogP contribution in [0.15, 0.2) is 4.47 Å². The van der Waals surface area contributed by atoms with E-state index in [4.69, 9.17) is 10.8 Å². The Bertz CT molecular complexity index is 362. The smallest absolute Gasteiger partial charge is 0.312 e. The highest BCUT2D eigenvalue weighted by Crippen LogP contribution is 2.36. The van der Waals surface area contributed by atoms with E-state index in [2.05, 4.69) is 15.9 Å². The minimum atomic E-state index is -0.867. The van der Waals surface area contributed by atoms with Gasteiger partial charge in [0.2, 0.25) is 0 Å². The van der Waals surface area contributed by atoms with Gasteiger partial charge in [0.25, 0.3) is 0 Å². The lowest BCUT2D eigenvalue weighted by Crippen LogP contribution is -2.21. The van der Waals surface area contributed by atoms with Crippen LogP contribution in [0.3, 0.4) is 0 Å². The van der Waals surface area contributed by atoms with Gasteiger partial charge in [-0.1, -0.05) is 0 Å². The SMILES string of the molecule is Cc1sc(C)c(C(CN)C(=O)O)c1Br. The van der Waals surface area contributed by atoms with Gasteiger partial charge in [-0.05, 0) is 35.3 Å². The maximum atomic E-state index is 10.9. The number of nitrogens with two attached hydrogens (primary N) is 1. The summed E-state index contributed by atoms with van der Waals surface area (Å²) in [7, 11) is 0. The van der Waals surface area contributed by atoms with Crippen LogP contribution in [-0.4, -0.2) is 17.6 Å². The van der Waals surface area contributed by atoms with Crippen LogP contribution < -0.4 is 5.73 Å². The van der Waals surface area contributed by atoms with Crippen LogP contribution in [0.2, 0.25) is 0 Å². The Labute approximate surface area is 95.1 Å². The van der Waals surface area contributed by atoms with Gasteiger partial charge < -0.3 is 10.8 Å². The molecule has 0 bridgehead atoms. The van der Waals surface area contributed by atoms with E-state index in [0.717, 1.165) is 19.8 Å². The summed E-state index contributed by atoms with van der Waals surface area (Å²) in [4.78, 5) is 13.1. The van der Waals surface area contributed by atoms with Gasteiger partial charge in [0, 0.05) is 20.8 Å². The summed E-state index contributed by atoms with van der Waals surface area (Å²) in [6.45, 7) is 4.01. The third-order valence-corrected chi connectivity index (χ3v) is 4.43. The van der Waals surface area contributed by atoms with Crippen molar-refractivity contribution >= 4 is 33.2 Å². The van der Waals surface area contributed by atoms with Gasteiger partial charge in [-0.25, -0.2) is 0 Å². The Morgan fingerprint density at radius 2 is 2.14 bits per heavy atom. The van der Waals surface area contributed by atoms with Crippen molar-refractivity contribution in [2.75, 3.05) is 6.54 Å². The van der Waals surface area contributed by atoms with Crippen LogP contribution in [0.25, 0.3) is 0 Å². The summed E-state index contributed by atoms with van der Waals surface area (Å²) in [6, 6.07) is 0. The van der Waals surface area contributed by atoms with E-state index in [0.29, 0.717) is 0 Å². The number of aliphatic carboxylic acids is 1. The molecule has 0 aliphatic carbocycles. The van der Waals surface area contributed by atoms with Gasteiger partial charge in [-0.15, -0.1) is 11.3 Å². The predicted molar refractivity (Wildman–Crippen MR) is 60.9 cm³/mol. The maximum absolute atomic E-state index is 10.9. The zero-order valence-corrected chi connectivity index (χ0v) is 10.4. The van der Waals surface area contributed by atoms with Crippen molar-refractivity contribution in [3.63, 3.8) is 0 Å². The first-order valence-electron chi connectivity index (χ1n) is 4.17. The van der Waals surface area contributed by atoms with Crippen LogP contribution in [0.4, 0.5) is 0 Å². The van der Waals surface area contributed by atoms with E-state index in [1.165, 1.54) is 0 Å². The van der Waals surface area contributed by atoms with Crippen molar-refractivity contribution in [1.82, 2.24) is 0 Å². The Morgan fingerprint density at radius 3 is 2.43 bits per heavy atom. The van der Waals surface area contributed by atoms with Crippen LogP contribution >= 0.6 is 27.3 Å². The molecule has 1 aromatic rings. The molecule has 14 heavy (non-hydrogen) atoms. The zero-order chi connectivity index (χ0) is 10.9. The number of carbonyl (C=O) groups is 1. The van der Waals surface area contributed by atoms with Gasteiger partial charge in [0.15, 0.2) is 0 Å². The largest absolute Gasteiger partial charge is 0.481 e. The fourth-order valence-electron chi connectivity index (χ4n) is 1.41. The Hall–Kier alpha value is -0.390. The minimum Gasteiger partial charge on any atom is -0.481 e. The molecule has 5 heteroatoms. The first kappa shape index (κ1) is 11.7. The average Bonchev–Trinajstić information content (AvgIpc) is 2.32. The summed E-state index contributed by atoms with van der Waals surface area (Å²) >= 11 is 4.99. The van der Waals surface area contributed by atoms with Crippen molar-refractivity contribution in [3.8, 4) is 0 Å². The van der Waals surface area contributed by atoms with E-state index in [1.807, 2.05) is 13.8 Å². The van der Waals surface area contributed by atoms with Crippen molar-refractivity contribution < 1.29 is 9.90 Å². The first-order chi connectivity index (χ1) is 6.49. The minimum absolute atomic E-state index is 0.130. The molecule has 0 spiro atoms. The molecule has 0 amide bonds. The molecule has 78 valence electrons. The van der Waals surface area contributed by atoms with Gasteiger partial charge in [-0.2, -0.15) is 0 Å². The van der Waals surface area contributed by atoms with Crippen molar-refractivity contribution in [1.29, 1.82) is 0 Å². The normalized spacial score (nSPS) is 12.9. The number of hydrogen-bond donors (Lipinski definition) is 2. The summed E-state index contributed by atoms with van der Waals surface area (Å²) in [5.74, 6) is -1.47. The molecule has 0 aliphatic rings. The molecule has 1 aromatic heterocycles. The lowest BCUT2D eigenvalue weighted by atomic mass is 10.0. The molecule has 0 saturated heterocycles. The van der Waals surface area contributed by atoms with E-state index in [1.54, 1.807) is 11.3 Å². The van der Waals surface area contributed by atoms with E-state index < -0.39 is 11.9 Å². The molecular formula is C9H12BrNO2S. The van der Waals surface area contributed by atoms with Crippen molar-refractivity contribution in [2.45, 2.75) is 19.8 Å². The predicted octanol–water partition coefficient (Wildman–Crippen LogP) is 2.25. The second-order valence-corrected chi connectivity index (χ2v) is 5.29. The highest BCUT2D eigenvalue weighted by Gasteiger charge is 2.25. The molecule has 0 aromatic carbocycles. The third kappa shape index (κ3) is 1.99. The number of hydrogen-bond acceptors (Lipinski definition) is 3. The van der Waals surface area contributed by atoms with Crippen LogP contribution in [-0.2, 0) is 4.79 Å². The highest BCUT2D eigenvalue weighted by molar-refractivity contribution is 9.10. The zero-order valence-electron chi connectivity index (χ0n) is 8.00. The summed E-state index contributed by atoms with van der Waals surface area (Å²) < 4.78 is 0.887. The number of halogens is 1. The molecule has 0 fully saturated rings. The first-order valence-corrected chi connectivity index (χ1v) is 5.78. The monoisotopic (exact) mass is 277 g/mol. The number of aryl methyl sites for hydroxylation is 2. The standard InChI is InChI=1S/C9H12BrNO2S/c1-4-7(6(3-11)9(12)13)8(10)5(2)14-4/h6H,3,11H2,1-2H3,(H,12,13). The number of thiophene rings is 1. The van der Waals surface area contributed by atoms with Gasteiger partial charge in [0.1, 0.15) is 0 Å². The van der Waals surface area contributed by atoms with Crippen molar-refractivity contribution in [2.24, 2.45) is 5.73 Å². The molecule has 0 saturated carbocycles. The second-order valence-electron chi connectivity index (χ2n) is 3.07. The quantitative estimate of drug-likeness (QED) is 0.891. The van der Waals surface area contributed by atoms with Gasteiger partial charge >= 0.3 is 5.97 Å². The number of carboxylic acids is 1. The highest BCUT2D eigenvalue weighted by atomic mass is 79.9. The molecule has 1 atom stereocenters. The van der Waals surface area contributed by atoms with Crippen molar-refractivity contribution in [3.05, 3.63) is 19.8 Å². The maximum Gasteiger partial charge on any atom is 0.312 e. The topological polar surface area (TPSA) is 63.3 Å². The van der Waals surface area contributed by atoms with Gasteiger partial charge in [0.05, 0.1) is 5.92 Å². The summed E-state index contributed by atoms with van der Waals surface area (Å²) in [6.07, 6.45) is 0. The van der Waals surface area contributed by atoms with E-state index >= 15 is 0 Å². The molecular weight excluding hydrogens is 266 g/mol. The van der Waals surface area contributed by atoms with E-state index in [9.17, 15) is 4.79 Å². The second kappa shape index (κ2) is 4.42. The van der Waals surface area contributed by atoms with Gasteiger partial charge in [-0.3, -0.25) is 4.79 Å². The Balaban J connectivity index is 3.22. The molecule has 3 nitrogen and oxygen atoms in total. The molecule has 1 rings (SSSR count). The molecule has 3 N–H and O–H groups in total. The molecule has 0 radical (unpaired) electrons. The fourth-order valence-corrected chi connectivity index (χ4v) is 3.37. The Kier molecular flexibility index (Phi) is 3.69. The number of rotatable bonds is 3. The van der Waals surface area contributed by atoms with Crippen LogP contribution in [0.1, 0.15) is 21.2 Å². The lowest BCUT2D eigenvalue weighted by molar-refractivity contribution is -0.138.